The van der Waals surface area contributed by atoms with Crippen molar-refractivity contribution in [2.75, 3.05) is 18.4 Å². The number of amides is 1. The molecule has 1 unspecified atom stereocenters. The third-order valence-corrected chi connectivity index (χ3v) is 4.24. The van der Waals surface area contributed by atoms with Crippen LogP contribution in [0.1, 0.15) is 31.5 Å². The van der Waals surface area contributed by atoms with Crippen LogP contribution in [-0.2, 0) is 4.79 Å². The minimum Gasteiger partial charge on any atom is -0.366 e. The van der Waals surface area contributed by atoms with Crippen molar-refractivity contribution >= 4 is 11.7 Å². The van der Waals surface area contributed by atoms with Crippen LogP contribution in [0.25, 0.3) is 0 Å². The van der Waals surface area contributed by atoms with Crippen LogP contribution < -0.4 is 5.32 Å². The summed E-state index contributed by atoms with van der Waals surface area (Å²) in [5, 5.41) is 15.7. The number of nitrogens with zero attached hydrogens (tertiary/aromatic N) is 5. The molecule has 3 rings (SSSR count). The van der Waals surface area contributed by atoms with Crippen molar-refractivity contribution in [3.8, 4) is 0 Å². The normalized spacial score (nSPS) is 17.0. The molecule has 1 N–H and O–H groups in total. The Hall–Kier alpha value is -2.44. The highest BCUT2D eigenvalue weighted by atomic mass is 16.2. The van der Waals surface area contributed by atoms with Crippen LogP contribution in [0.3, 0.4) is 0 Å². The number of hydrogen-bond acceptors (Lipinski definition) is 5. The zero-order valence-corrected chi connectivity index (χ0v) is 13.5. The summed E-state index contributed by atoms with van der Waals surface area (Å²) in [5.41, 5.74) is 0.906. The largest absolute Gasteiger partial charge is 0.366 e. The van der Waals surface area contributed by atoms with Gasteiger partial charge in [0.2, 0.25) is 5.91 Å². The van der Waals surface area contributed by atoms with Gasteiger partial charge in [0.25, 0.3) is 0 Å². The molecule has 7 nitrogen and oxygen atoms in total. The van der Waals surface area contributed by atoms with Crippen molar-refractivity contribution in [3.63, 3.8) is 0 Å². The topological polar surface area (TPSA) is 75.9 Å². The molecule has 0 saturated carbocycles. The predicted molar refractivity (Wildman–Crippen MR) is 86.9 cm³/mol. The Balaban J connectivity index is 1.52. The fraction of sp³-hybridized carbons (Fsp3) is 0.500. The van der Waals surface area contributed by atoms with Crippen LogP contribution in [0.4, 0.5) is 5.82 Å². The van der Waals surface area contributed by atoms with Crippen molar-refractivity contribution in [2.45, 2.75) is 38.8 Å². The van der Waals surface area contributed by atoms with E-state index < -0.39 is 0 Å². The number of piperidine rings is 1. The lowest BCUT2D eigenvalue weighted by Crippen LogP contribution is -2.44. The molecule has 122 valence electrons. The first-order valence-electron chi connectivity index (χ1n) is 7.98. The maximum Gasteiger partial charge on any atom is 0.247 e. The number of rotatable bonds is 4. The number of nitrogens with one attached hydrogen (secondary N) is 1. The Kier molecular flexibility index (Phi) is 4.55. The van der Waals surface area contributed by atoms with Crippen LogP contribution in [0.15, 0.2) is 30.6 Å². The highest BCUT2D eigenvalue weighted by Gasteiger charge is 2.27. The van der Waals surface area contributed by atoms with Crippen LogP contribution in [0.5, 0.6) is 0 Å². The first-order valence-corrected chi connectivity index (χ1v) is 7.98. The molecule has 1 atom stereocenters. The molecular formula is C16H22N6O. The van der Waals surface area contributed by atoms with Crippen molar-refractivity contribution < 1.29 is 4.79 Å². The molecule has 0 bridgehead atoms. The molecule has 1 aliphatic rings. The maximum absolute atomic E-state index is 12.5. The number of anilines is 1. The summed E-state index contributed by atoms with van der Waals surface area (Å²) < 4.78 is 1.70. The molecule has 1 fully saturated rings. The molecule has 3 heterocycles. The number of carbonyl (C=O) groups is 1. The second kappa shape index (κ2) is 6.76. The van der Waals surface area contributed by atoms with Crippen molar-refractivity contribution in [1.82, 2.24) is 24.9 Å². The van der Waals surface area contributed by atoms with E-state index in [4.69, 9.17) is 0 Å². The van der Waals surface area contributed by atoms with E-state index in [0.717, 1.165) is 37.4 Å². The quantitative estimate of drug-likeness (QED) is 0.928. The molecule has 1 aliphatic heterocycles. The summed E-state index contributed by atoms with van der Waals surface area (Å²) in [6.45, 7) is 5.31. The summed E-state index contributed by atoms with van der Waals surface area (Å²) in [5.74, 6) is 0.924. The molecule has 0 radical (unpaired) electrons. The summed E-state index contributed by atoms with van der Waals surface area (Å²) in [6, 6.07) is 5.80. The molecule has 0 aromatic carbocycles. The number of carbonyl (C=O) groups excluding carboxylic acids is 1. The summed E-state index contributed by atoms with van der Waals surface area (Å²) >= 11 is 0. The Morgan fingerprint density at radius 1 is 1.30 bits per heavy atom. The molecule has 7 heteroatoms. The molecule has 2 aromatic rings. The van der Waals surface area contributed by atoms with Gasteiger partial charge in [-0.05, 0) is 44.9 Å². The SMILES string of the molecule is Cc1ccc(NC2CCN(C(=O)C(C)n3cccn3)CC2)nn1. The second-order valence-corrected chi connectivity index (χ2v) is 5.97. The third-order valence-electron chi connectivity index (χ3n) is 4.24. The van der Waals surface area contributed by atoms with Gasteiger partial charge < -0.3 is 10.2 Å². The van der Waals surface area contributed by atoms with Gasteiger partial charge in [-0.2, -0.15) is 10.2 Å². The van der Waals surface area contributed by atoms with Crippen LogP contribution in [0, 0.1) is 6.92 Å². The van der Waals surface area contributed by atoms with Crippen LogP contribution in [0.2, 0.25) is 0 Å². The van der Waals surface area contributed by atoms with E-state index in [1.807, 2.05) is 43.1 Å². The highest BCUT2D eigenvalue weighted by molar-refractivity contribution is 5.80. The molecule has 1 saturated heterocycles. The number of hydrogen-bond donors (Lipinski definition) is 1. The van der Waals surface area contributed by atoms with E-state index >= 15 is 0 Å². The van der Waals surface area contributed by atoms with Crippen LogP contribution >= 0.6 is 0 Å². The number of likely N-dealkylation sites (tertiary alicyclic amines) is 1. The van der Waals surface area contributed by atoms with E-state index in [0.29, 0.717) is 6.04 Å². The Morgan fingerprint density at radius 3 is 2.70 bits per heavy atom. The maximum atomic E-state index is 12.5. The molecule has 23 heavy (non-hydrogen) atoms. The molecule has 2 aromatic heterocycles. The summed E-state index contributed by atoms with van der Waals surface area (Å²) in [6.07, 6.45) is 5.34. The second-order valence-electron chi connectivity index (χ2n) is 5.97. The fourth-order valence-electron chi connectivity index (χ4n) is 2.82. The van der Waals surface area contributed by atoms with Gasteiger partial charge in [-0.1, -0.05) is 0 Å². The minimum absolute atomic E-state index is 0.127. The monoisotopic (exact) mass is 314 g/mol. The standard InChI is InChI=1S/C16H22N6O/c1-12-4-5-15(20-19-12)18-14-6-10-21(11-7-14)16(23)13(2)22-9-3-8-17-22/h3-5,8-9,13-14H,6-7,10-11H2,1-2H3,(H,18,20). The van der Waals surface area contributed by atoms with Crippen molar-refractivity contribution in [1.29, 1.82) is 0 Å². The third kappa shape index (κ3) is 3.67. The first-order chi connectivity index (χ1) is 11.1. The summed E-state index contributed by atoms with van der Waals surface area (Å²) in [7, 11) is 0. The highest BCUT2D eigenvalue weighted by Crippen LogP contribution is 2.18. The predicted octanol–water partition coefficient (Wildman–Crippen LogP) is 1.65. The Morgan fingerprint density at radius 2 is 2.09 bits per heavy atom. The average molecular weight is 314 g/mol. The zero-order chi connectivity index (χ0) is 16.2. The summed E-state index contributed by atoms with van der Waals surface area (Å²) in [4.78, 5) is 14.4. The minimum atomic E-state index is -0.252. The van der Waals surface area contributed by atoms with Gasteiger partial charge in [-0.3, -0.25) is 9.48 Å². The van der Waals surface area contributed by atoms with Gasteiger partial charge in [-0.15, -0.1) is 5.10 Å². The number of aryl methyl sites for hydroxylation is 1. The van der Waals surface area contributed by atoms with Gasteiger partial charge in [0.05, 0.1) is 5.69 Å². The molecule has 0 spiro atoms. The van der Waals surface area contributed by atoms with E-state index in [9.17, 15) is 4.79 Å². The molecular weight excluding hydrogens is 292 g/mol. The van der Waals surface area contributed by atoms with E-state index in [2.05, 4.69) is 20.6 Å². The smallest absolute Gasteiger partial charge is 0.247 e. The van der Waals surface area contributed by atoms with Gasteiger partial charge >= 0.3 is 0 Å². The van der Waals surface area contributed by atoms with E-state index in [-0.39, 0.29) is 11.9 Å². The van der Waals surface area contributed by atoms with Gasteiger partial charge in [0, 0.05) is 31.5 Å². The zero-order valence-electron chi connectivity index (χ0n) is 13.5. The lowest BCUT2D eigenvalue weighted by molar-refractivity contribution is -0.135. The van der Waals surface area contributed by atoms with Gasteiger partial charge in [0.1, 0.15) is 11.9 Å². The van der Waals surface area contributed by atoms with Crippen LogP contribution in [-0.4, -0.2) is 49.9 Å². The lowest BCUT2D eigenvalue weighted by Gasteiger charge is -2.34. The van der Waals surface area contributed by atoms with Gasteiger partial charge in [0.15, 0.2) is 0 Å². The van der Waals surface area contributed by atoms with E-state index in [1.54, 1.807) is 10.9 Å². The van der Waals surface area contributed by atoms with Crippen molar-refractivity contribution in [3.05, 3.63) is 36.3 Å². The lowest BCUT2D eigenvalue weighted by atomic mass is 10.0. The first kappa shape index (κ1) is 15.5. The average Bonchev–Trinajstić information content (AvgIpc) is 3.11. The molecule has 0 aliphatic carbocycles. The molecule has 1 amide bonds. The van der Waals surface area contributed by atoms with Gasteiger partial charge in [-0.25, -0.2) is 0 Å². The Bertz CT molecular complexity index is 631. The Labute approximate surface area is 135 Å². The van der Waals surface area contributed by atoms with E-state index in [1.165, 1.54) is 0 Å². The fourth-order valence-corrected chi connectivity index (χ4v) is 2.82. The van der Waals surface area contributed by atoms with Crippen molar-refractivity contribution in [2.24, 2.45) is 0 Å². The number of aromatic nitrogens is 4.